The number of ketones is 1. The van der Waals surface area contributed by atoms with Gasteiger partial charge in [0, 0.05) is 12.2 Å². The fourth-order valence-electron chi connectivity index (χ4n) is 2.07. The van der Waals surface area contributed by atoms with Crippen LogP contribution in [0.4, 0.5) is 4.79 Å². The molecule has 0 saturated heterocycles. The van der Waals surface area contributed by atoms with Crippen molar-refractivity contribution >= 4 is 29.2 Å². The summed E-state index contributed by atoms with van der Waals surface area (Å²) in [6, 6.07) is 0. The Bertz CT molecular complexity index is 567. The fourth-order valence-corrected chi connectivity index (χ4v) is 2.59. The van der Waals surface area contributed by atoms with Gasteiger partial charge in [-0.15, -0.1) is 0 Å². The zero-order valence-electron chi connectivity index (χ0n) is 15.9. The van der Waals surface area contributed by atoms with Crippen LogP contribution in [0, 0.1) is 5.41 Å². The van der Waals surface area contributed by atoms with Gasteiger partial charge in [0.1, 0.15) is 11.4 Å². The second-order valence-electron chi connectivity index (χ2n) is 6.76. The Kier molecular flexibility index (Phi) is 8.93. The number of Topliss-reactive ketones (excluding diaryl/α,β-unsaturated/α-hetero) is 1. The lowest BCUT2D eigenvalue weighted by atomic mass is 9.87. The molecule has 0 fully saturated rings. The van der Waals surface area contributed by atoms with Gasteiger partial charge in [-0.05, 0) is 52.0 Å². The number of ether oxygens (including phenoxy) is 1. The first-order valence-electron chi connectivity index (χ1n) is 7.85. The van der Waals surface area contributed by atoms with Crippen molar-refractivity contribution < 1.29 is 14.3 Å². The Labute approximate surface area is 154 Å². The number of alkyl carbamates (subject to hydrolysis) is 1. The summed E-state index contributed by atoms with van der Waals surface area (Å²) in [7, 11) is 0. The number of thioether (sulfide) groups is 1. The second kappa shape index (κ2) is 9.62. The number of nitrogens with one attached hydrogen (secondary N) is 3. The number of carbonyl (C=O) groups excluding carboxylic acids is 2. The third-order valence-corrected chi connectivity index (χ3v) is 4.27. The number of carbonyl (C=O) groups is 2. The molecule has 0 aliphatic heterocycles. The fraction of sp³-hybridized carbons (Fsp3) is 0.588. The molecule has 0 aliphatic carbocycles. The molecule has 1 amide bonds. The van der Waals surface area contributed by atoms with E-state index < -0.39 is 17.2 Å². The molecular weight excluding hydrogens is 340 g/mol. The number of nitrogens with two attached hydrogens (primary N) is 1. The normalized spacial score (nSPS) is 14.8. The van der Waals surface area contributed by atoms with Crippen molar-refractivity contribution in [3.05, 3.63) is 22.8 Å². The highest BCUT2D eigenvalue weighted by molar-refractivity contribution is 8.15. The van der Waals surface area contributed by atoms with E-state index in [1.54, 1.807) is 20.8 Å². The minimum absolute atomic E-state index is 0.0616. The molecule has 142 valence electrons. The number of hydrogen-bond donors (Lipinski definition) is 4. The molecule has 0 saturated carbocycles. The third-order valence-electron chi connectivity index (χ3n) is 3.49. The van der Waals surface area contributed by atoms with Crippen molar-refractivity contribution in [2.75, 3.05) is 13.1 Å². The topological polar surface area (TPSA) is 117 Å². The van der Waals surface area contributed by atoms with E-state index in [0.29, 0.717) is 0 Å². The van der Waals surface area contributed by atoms with E-state index >= 15 is 0 Å². The predicted octanol–water partition coefficient (Wildman–Crippen LogP) is 2.54. The van der Waals surface area contributed by atoms with Gasteiger partial charge in [-0.3, -0.25) is 10.1 Å². The third kappa shape index (κ3) is 7.74. The predicted molar refractivity (Wildman–Crippen MR) is 104 cm³/mol. The summed E-state index contributed by atoms with van der Waals surface area (Å²) < 4.78 is 5.25. The number of amides is 1. The molecule has 0 rings (SSSR count). The number of allylic oxidation sites excluding steroid dienone is 1. The van der Waals surface area contributed by atoms with Gasteiger partial charge in [-0.25, -0.2) is 4.79 Å². The quantitative estimate of drug-likeness (QED) is 0.366. The maximum Gasteiger partial charge on any atom is 0.407 e. The molecule has 0 heterocycles. The molecule has 5 N–H and O–H groups in total. The van der Waals surface area contributed by atoms with E-state index in [4.69, 9.17) is 15.9 Å². The van der Waals surface area contributed by atoms with Crippen LogP contribution in [0.2, 0.25) is 0 Å². The maximum absolute atomic E-state index is 12.0. The van der Waals surface area contributed by atoms with E-state index in [9.17, 15) is 9.59 Å². The first-order valence-corrected chi connectivity index (χ1v) is 8.73. The SMILES string of the molecule is C=C(N)C(CNC(=O)OC(C)(C)C)(NCC(C)=O)/C(C)=C(\C)SC=N. The first kappa shape index (κ1) is 23.2. The van der Waals surface area contributed by atoms with Crippen LogP contribution in [0.5, 0.6) is 0 Å². The molecule has 0 aromatic heterocycles. The molecule has 0 aliphatic rings. The lowest BCUT2D eigenvalue weighted by Gasteiger charge is -2.37. The van der Waals surface area contributed by atoms with Crippen LogP contribution in [-0.4, -0.2) is 41.7 Å². The standard InChI is InChI=1S/C17H30N4O3S/c1-11(22)8-21-17(14(4)19,12(2)13(3)25-10-18)9-20-15(23)24-16(5,6)7/h10,18,21H,4,8-9,19H2,1-3,5-7H3,(H,20,23)/b13-12+,18-10?. The van der Waals surface area contributed by atoms with Crippen LogP contribution in [0.15, 0.2) is 22.8 Å². The summed E-state index contributed by atoms with van der Waals surface area (Å²) in [4.78, 5) is 24.3. The number of rotatable bonds is 9. The molecule has 0 radical (unpaired) electrons. The van der Waals surface area contributed by atoms with Gasteiger partial charge in [0.05, 0.1) is 17.6 Å². The minimum Gasteiger partial charge on any atom is -0.444 e. The van der Waals surface area contributed by atoms with Gasteiger partial charge >= 0.3 is 6.09 Å². The van der Waals surface area contributed by atoms with Crippen molar-refractivity contribution in [1.82, 2.24) is 10.6 Å². The van der Waals surface area contributed by atoms with Gasteiger partial charge in [0.2, 0.25) is 0 Å². The van der Waals surface area contributed by atoms with E-state index in [1.165, 1.54) is 24.2 Å². The molecule has 25 heavy (non-hydrogen) atoms. The van der Waals surface area contributed by atoms with Crippen molar-refractivity contribution in [2.24, 2.45) is 5.73 Å². The van der Waals surface area contributed by atoms with Gasteiger partial charge in [0.15, 0.2) is 0 Å². The summed E-state index contributed by atoms with van der Waals surface area (Å²) in [5.41, 5.74) is 6.62. The monoisotopic (exact) mass is 370 g/mol. The molecule has 1 atom stereocenters. The van der Waals surface area contributed by atoms with Gasteiger partial charge in [-0.2, -0.15) is 0 Å². The van der Waals surface area contributed by atoms with Gasteiger partial charge in [-0.1, -0.05) is 18.3 Å². The summed E-state index contributed by atoms with van der Waals surface area (Å²) in [6.07, 6.45) is -0.590. The Morgan fingerprint density at radius 2 is 1.84 bits per heavy atom. The average Bonchev–Trinajstić information content (AvgIpc) is 2.44. The summed E-state index contributed by atoms with van der Waals surface area (Å²) in [5.74, 6) is -0.0759. The summed E-state index contributed by atoms with van der Waals surface area (Å²) in [5, 5.41) is 13.0. The molecule has 1 unspecified atom stereocenters. The second-order valence-corrected chi connectivity index (χ2v) is 7.84. The van der Waals surface area contributed by atoms with Crippen molar-refractivity contribution in [3.8, 4) is 0 Å². The molecule has 8 heteroatoms. The largest absolute Gasteiger partial charge is 0.444 e. The van der Waals surface area contributed by atoms with Crippen LogP contribution >= 0.6 is 11.8 Å². The van der Waals surface area contributed by atoms with Gasteiger partial charge < -0.3 is 21.2 Å². The van der Waals surface area contributed by atoms with Crippen LogP contribution < -0.4 is 16.4 Å². The van der Waals surface area contributed by atoms with Crippen LogP contribution in [0.1, 0.15) is 41.5 Å². The molecule has 0 aromatic carbocycles. The van der Waals surface area contributed by atoms with Gasteiger partial charge in [0.25, 0.3) is 0 Å². The van der Waals surface area contributed by atoms with E-state index in [0.717, 1.165) is 10.5 Å². The van der Waals surface area contributed by atoms with Crippen molar-refractivity contribution in [3.63, 3.8) is 0 Å². The molecule has 0 spiro atoms. The summed E-state index contributed by atoms with van der Waals surface area (Å²) >= 11 is 1.22. The minimum atomic E-state index is -1.03. The van der Waals surface area contributed by atoms with Crippen molar-refractivity contribution in [1.29, 1.82) is 5.41 Å². The zero-order valence-corrected chi connectivity index (χ0v) is 16.7. The van der Waals surface area contributed by atoms with E-state index in [-0.39, 0.29) is 24.6 Å². The zero-order chi connectivity index (χ0) is 19.8. The van der Waals surface area contributed by atoms with E-state index in [1.807, 2.05) is 13.8 Å². The average molecular weight is 371 g/mol. The highest BCUT2D eigenvalue weighted by Crippen LogP contribution is 2.29. The first-order chi connectivity index (χ1) is 11.4. The highest BCUT2D eigenvalue weighted by atomic mass is 32.2. The maximum atomic E-state index is 12.0. The van der Waals surface area contributed by atoms with Crippen LogP contribution in [0.25, 0.3) is 0 Å². The summed E-state index contributed by atoms with van der Waals surface area (Å²) in [6.45, 7) is 14.4. The lowest BCUT2D eigenvalue weighted by Crippen LogP contribution is -2.58. The molecule has 7 nitrogen and oxygen atoms in total. The Balaban J connectivity index is 5.66. The molecule has 0 bridgehead atoms. The molecule has 0 aromatic rings. The van der Waals surface area contributed by atoms with Crippen LogP contribution in [0.3, 0.4) is 0 Å². The smallest absolute Gasteiger partial charge is 0.407 e. The Hall–Kier alpha value is -1.80. The molecular formula is C17H30N4O3S. The van der Waals surface area contributed by atoms with Crippen molar-refractivity contribution in [2.45, 2.75) is 52.7 Å². The number of hydrogen-bond acceptors (Lipinski definition) is 7. The Morgan fingerprint density at radius 3 is 2.24 bits per heavy atom. The van der Waals surface area contributed by atoms with E-state index in [2.05, 4.69) is 17.2 Å². The lowest BCUT2D eigenvalue weighted by molar-refractivity contribution is -0.116. The van der Waals surface area contributed by atoms with Crippen LogP contribution in [-0.2, 0) is 9.53 Å². The Morgan fingerprint density at radius 1 is 1.28 bits per heavy atom. The highest BCUT2D eigenvalue weighted by Gasteiger charge is 2.36.